The van der Waals surface area contributed by atoms with Crippen molar-refractivity contribution in [2.75, 3.05) is 36.5 Å². The van der Waals surface area contributed by atoms with Crippen LogP contribution in [0.2, 0.25) is 0 Å². The predicted molar refractivity (Wildman–Crippen MR) is 68.6 cm³/mol. The number of benzene rings is 1. The van der Waals surface area contributed by atoms with E-state index in [4.69, 9.17) is 5.26 Å². The minimum atomic E-state index is 0.102. The molecule has 2 aliphatic rings. The molecule has 1 unspecified atom stereocenters. The van der Waals surface area contributed by atoms with Crippen LogP contribution in [0.25, 0.3) is 0 Å². The molecule has 2 heterocycles. The van der Waals surface area contributed by atoms with Gasteiger partial charge in [0, 0.05) is 20.1 Å². The van der Waals surface area contributed by atoms with Crippen LogP contribution in [0.15, 0.2) is 18.2 Å². The number of piperazine rings is 1. The Morgan fingerprint density at radius 3 is 3.06 bits per heavy atom. The molecule has 0 saturated carbocycles. The SMILES string of the molecule is CN1CC2CNCC(=O)N2c2ccc(C#N)cc21. The van der Waals surface area contributed by atoms with Gasteiger partial charge in [-0.15, -0.1) is 0 Å². The minimum Gasteiger partial charge on any atom is -0.371 e. The number of hydrogen-bond acceptors (Lipinski definition) is 4. The number of nitrogens with one attached hydrogen (secondary N) is 1. The van der Waals surface area contributed by atoms with Crippen LogP contribution in [0, 0.1) is 11.3 Å². The van der Waals surface area contributed by atoms with Crippen LogP contribution in [0.4, 0.5) is 11.4 Å². The summed E-state index contributed by atoms with van der Waals surface area (Å²) in [6.07, 6.45) is 0. The lowest BCUT2D eigenvalue weighted by Crippen LogP contribution is -2.61. The quantitative estimate of drug-likeness (QED) is 0.711. The molecular weight excluding hydrogens is 228 g/mol. The molecule has 1 saturated heterocycles. The highest BCUT2D eigenvalue weighted by Crippen LogP contribution is 2.36. The summed E-state index contributed by atoms with van der Waals surface area (Å²) in [7, 11) is 2.00. The molecule has 3 rings (SSSR count). The van der Waals surface area contributed by atoms with Gasteiger partial charge >= 0.3 is 0 Å². The lowest BCUT2D eigenvalue weighted by atomic mass is 10.0. The molecule has 1 atom stereocenters. The lowest BCUT2D eigenvalue weighted by Gasteiger charge is -2.44. The van der Waals surface area contributed by atoms with Crippen LogP contribution >= 0.6 is 0 Å². The Kier molecular flexibility index (Phi) is 2.46. The van der Waals surface area contributed by atoms with Crippen molar-refractivity contribution in [2.24, 2.45) is 0 Å². The Hall–Kier alpha value is -2.06. The standard InChI is InChI=1S/C13H14N4O/c1-16-8-10-6-15-7-13(18)17(10)11-3-2-9(5-14)4-12(11)16/h2-4,10,15H,6-8H2,1H3. The highest BCUT2D eigenvalue weighted by atomic mass is 16.2. The summed E-state index contributed by atoms with van der Waals surface area (Å²) in [5.41, 5.74) is 2.50. The van der Waals surface area contributed by atoms with Gasteiger partial charge in [-0.2, -0.15) is 5.26 Å². The van der Waals surface area contributed by atoms with Crippen molar-refractivity contribution in [2.45, 2.75) is 6.04 Å². The number of anilines is 2. The molecule has 0 spiro atoms. The first kappa shape index (κ1) is 11.1. The van der Waals surface area contributed by atoms with E-state index in [0.717, 1.165) is 24.5 Å². The molecule has 1 fully saturated rings. The van der Waals surface area contributed by atoms with Crippen LogP contribution in [-0.2, 0) is 4.79 Å². The van der Waals surface area contributed by atoms with Crippen LogP contribution in [-0.4, -0.2) is 38.6 Å². The van der Waals surface area contributed by atoms with E-state index < -0.39 is 0 Å². The first-order chi connectivity index (χ1) is 8.70. The Bertz CT molecular complexity index is 548. The van der Waals surface area contributed by atoms with Gasteiger partial charge in [0.05, 0.1) is 35.6 Å². The summed E-state index contributed by atoms with van der Waals surface area (Å²) in [5.74, 6) is 0.102. The minimum absolute atomic E-state index is 0.102. The zero-order valence-electron chi connectivity index (χ0n) is 10.2. The summed E-state index contributed by atoms with van der Waals surface area (Å²) in [5, 5.41) is 12.1. The number of rotatable bonds is 0. The molecule has 2 aliphatic heterocycles. The van der Waals surface area contributed by atoms with E-state index in [1.54, 1.807) is 6.07 Å². The zero-order chi connectivity index (χ0) is 12.7. The van der Waals surface area contributed by atoms with Gasteiger partial charge in [0.15, 0.2) is 0 Å². The lowest BCUT2D eigenvalue weighted by molar-refractivity contribution is -0.119. The number of likely N-dealkylation sites (N-methyl/N-ethyl adjacent to an activating group) is 1. The second kappa shape index (κ2) is 4.00. The number of nitriles is 1. The Labute approximate surface area is 106 Å². The van der Waals surface area contributed by atoms with E-state index in [9.17, 15) is 4.79 Å². The summed E-state index contributed by atoms with van der Waals surface area (Å²) in [4.78, 5) is 16.0. The number of carbonyl (C=O) groups is 1. The van der Waals surface area contributed by atoms with Gasteiger partial charge in [0.25, 0.3) is 0 Å². The monoisotopic (exact) mass is 242 g/mol. The molecule has 0 radical (unpaired) electrons. The third kappa shape index (κ3) is 1.54. The topological polar surface area (TPSA) is 59.4 Å². The predicted octanol–water partition coefficient (Wildman–Crippen LogP) is 0.313. The normalized spacial score (nSPS) is 22.2. The van der Waals surface area contributed by atoms with Crippen molar-refractivity contribution in [3.8, 4) is 6.07 Å². The summed E-state index contributed by atoms with van der Waals surface area (Å²) in [6, 6.07) is 7.81. The molecule has 1 aromatic rings. The molecule has 0 aromatic heterocycles. The van der Waals surface area contributed by atoms with E-state index in [-0.39, 0.29) is 11.9 Å². The number of nitrogens with zero attached hydrogens (tertiary/aromatic N) is 3. The van der Waals surface area contributed by atoms with E-state index >= 15 is 0 Å². The van der Waals surface area contributed by atoms with Crippen molar-refractivity contribution in [3.63, 3.8) is 0 Å². The van der Waals surface area contributed by atoms with Gasteiger partial charge in [-0.05, 0) is 18.2 Å². The summed E-state index contributed by atoms with van der Waals surface area (Å²) in [6.45, 7) is 2.00. The fourth-order valence-electron chi connectivity index (χ4n) is 2.72. The third-order valence-electron chi connectivity index (χ3n) is 3.55. The maximum atomic E-state index is 12.0. The molecule has 0 aliphatic carbocycles. The van der Waals surface area contributed by atoms with Crippen molar-refractivity contribution >= 4 is 17.3 Å². The average molecular weight is 242 g/mol. The molecular formula is C13H14N4O. The first-order valence-electron chi connectivity index (χ1n) is 5.99. The highest BCUT2D eigenvalue weighted by Gasteiger charge is 2.35. The van der Waals surface area contributed by atoms with Gasteiger partial charge < -0.3 is 15.1 Å². The second-order valence-corrected chi connectivity index (χ2v) is 4.74. The maximum absolute atomic E-state index is 12.0. The Morgan fingerprint density at radius 1 is 1.44 bits per heavy atom. The van der Waals surface area contributed by atoms with Crippen LogP contribution in [0.5, 0.6) is 0 Å². The van der Waals surface area contributed by atoms with Crippen molar-refractivity contribution in [3.05, 3.63) is 23.8 Å². The summed E-state index contributed by atoms with van der Waals surface area (Å²) >= 11 is 0. The van der Waals surface area contributed by atoms with Gasteiger partial charge in [0.1, 0.15) is 0 Å². The maximum Gasteiger partial charge on any atom is 0.241 e. The van der Waals surface area contributed by atoms with Crippen molar-refractivity contribution in [1.82, 2.24) is 5.32 Å². The van der Waals surface area contributed by atoms with Gasteiger partial charge in [-0.1, -0.05) is 0 Å². The average Bonchev–Trinajstić information content (AvgIpc) is 2.38. The molecule has 1 N–H and O–H groups in total. The molecule has 18 heavy (non-hydrogen) atoms. The van der Waals surface area contributed by atoms with Crippen LogP contribution < -0.4 is 15.1 Å². The number of hydrogen-bond donors (Lipinski definition) is 1. The highest BCUT2D eigenvalue weighted by molar-refractivity contribution is 6.00. The number of carbonyl (C=O) groups excluding carboxylic acids is 1. The van der Waals surface area contributed by atoms with Gasteiger partial charge in [-0.3, -0.25) is 4.79 Å². The molecule has 1 aromatic carbocycles. The van der Waals surface area contributed by atoms with Crippen LogP contribution in [0.1, 0.15) is 5.56 Å². The van der Waals surface area contributed by atoms with Gasteiger partial charge in [0.2, 0.25) is 5.91 Å². The van der Waals surface area contributed by atoms with E-state index in [1.165, 1.54) is 0 Å². The number of amides is 1. The van der Waals surface area contributed by atoms with Crippen molar-refractivity contribution < 1.29 is 4.79 Å². The Morgan fingerprint density at radius 2 is 2.28 bits per heavy atom. The van der Waals surface area contributed by atoms with Gasteiger partial charge in [-0.25, -0.2) is 0 Å². The first-order valence-corrected chi connectivity index (χ1v) is 5.99. The zero-order valence-corrected chi connectivity index (χ0v) is 10.2. The third-order valence-corrected chi connectivity index (χ3v) is 3.55. The molecule has 92 valence electrons. The van der Waals surface area contributed by atoms with Crippen molar-refractivity contribution in [1.29, 1.82) is 5.26 Å². The fourth-order valence-corrected chi connectivity index (χ4v) is 2.72. The number of fused-ring (bicyclic) bond motifs is 3. The molecule has 5 heteroatoms. The van der Waals surface area contributed by atoms with E-state index in [2.05, 4.69) is 16.3 Å². The van der Waals surface area contributed by atoms with Crippen LogP contribution in [0.3, 0.4) is 0 Å². The Balaban J connectivity index is 2.11. The largest absolute Gasteiger partial charge is 0.371 e. The second-order valence-electron chi connectivity index (χ2n) is 4.74. The smallest absolute Gasteiger partial charge is 0.241 e. The molecule has 5 nitrogen and oxygen atoms in total. The van der Waals surface area contributed by atoms with E-state index in [1.807, 2.05) is 24.1 Å². The fraction of sp³-hybridized carbons (Fsp3) is 0.385. The van der Waals surface area contributed by atoms with E-state index in [0.29, 0.717) is 12.1 Å². The molecule has 0 bridgehead atoms. The molecule has 1 amide bonds. The summed E-state index contributed by atoms with van der Waals surface area (Å²) < 4.78 is 0.